The van der Waals surface area contributed by atoms with Crippen molar-refractivity contribution in [1.29, 1.82) is 5.26 Å². The number of nitrogens with zero attached hydrogens (tertiary/aromatic N) is 1. The van der Waals surface area contributed by atoms with Gasteiger partial charge in [-0.2, -0.15) is 5.26 Å². The molecule has 0 unspecified atom stereocenters. The van der Waals surface area contributed by atoms with Crippen molar-refractivity contribution in [2.24, 2.45) is 0 Å². The number of nitriles is 1. The molecule has 2 aromatic rings. The van der Waals surface area contributed by atoms with E-state index in [2.05, 4.69) is 23.7 Å². The van der Waals surface area contributed by atoms with Crippen LogP contribution < -0.4 is 16.2 Å². The van der Waals surface area contributed by atoms with Gasteiger partial charge in [0.1, 0.15) is 6.07 Å². The molecular formula is C23H31Cl3N4O2. The first kappa shape index (κ1) is 31.7. The lowest BCUT2D eigenvalue weighted by Crippen LogP contribution is -2.36. The number of nitrogens with one attached hydrogen (secondary N) is 3. The van der Waals surface area contributed by atoms with E-state index < -0.39 is 5.91 Å². The van der Waals surface area contributed by atoms with Crippen LogP contribution in [0.25, 0.3) is 0 Å². The average Bonchev–Trinajstić information content (AvgIpc) is 2.83. The molecule has 176 valence electrons. The SMILES string of the molecule is CC.CC.CCCNc1ccc(C#N)c(Cl)c1C.O=CNNC(=O)c1ccc(Cl)c(Cl)c1. The molecule has 2 rings (SSSR count). The van der Waals surface area contributed by atoms with E-state index in [4.69, 9.17) is 40.1 Å². The molecule has 0 saturated heterocycles. The zero-order valence-electron chi connectivity index (χ0n) is 19.3. The molecule has 0 spiro atoms. The molecule has 0 saturated carbocycles. The zero-order chi connectivity index (χ0) is 25.1. The average molecular weight is 502 g/mol. The molecule has 0 aliphatic carbocycles. The second kappa shape index (κ2) is 19.2. The largest absolute Gasteiger partial charge is 0.385 e. The number of benzene rings is 2. The quantitative estimate of drug-likeness (QED) is 0.300. The monoisotopic (exact) mass is 500 g/mol. The first-order valence-corrected chi connectivity index (χ1v) is 11.4. The summed E-state index contributed by atoms with van der Waals surface area (Å²) < 4.78 is 0. The van der Waals surface area contributed by atoms with Crippen LogP contribution in [0.4, 0.5) is 5.69 Å². The van der Waals surface area contributed by atoms with Crippen molar-refractivity contribution in [3.05, 3.63) is 62.1 Å². The Morgan fingerprint density at radius 3 is 2.19 bits per heavy atom. The van der Waals surface area contributed by atoms with Gasteiger partial charge in [0, 0.05) is 17.8 Å². The van der Waals surface area contributed by atoms with Crippen LogP contribution in [0.2, 0.25) is 15.1 Å². The van der Waals surface area contributed by atoms with E-state index in [0.29, 0.717) is 27.6 Å². The minimum Gasteiger partial charge on any atom is -0.385 e. The summed E-state index contributed by atoms with van der Waals surface area (Å²) in [6.45, 7) is 12.9. The summed E-state index contributed by atoms with van der Waals surface area (Å²) in [5.74, 6) is -0.462. The Bertz CT molecular complexity index is 884. The first-order chi connectivity index (χ1) is 15.3. The topological polar surface area (TPSA) is 94.0 Å². The summed E-state index contributed by atoms with van der Waals surface area (Å²) in [6, 6.07) is 10.1. The minimum absolute atomic E-state index is 0.283. The van der Waals surface area contributed by atoms with Gasteiger partial charge in [-0.3, -0.25) is 20.4 Å². The van der Waals surface area contributed by atoms with E-state index in [1.807, 2.05) is 46.1 Å². The Morgan fingerprint density at radius 2 is 1.69 bits per heavy atom. The molecule has 0 heterocycles. The number of carbonyl (C=O) groups excluding carboxylic acids is 2. The van der Waals surface area contributed by atoms with Gasteiger partial charge < -0.3 is 5.32 Å². The van der Waals surface area contributed by atoms with E-state index in [9.17, 15) is 9.59 Å². The highest BCUT2D eigenvalue weighted by atomic mass is 35.5. The van der Waals surface area contributed by atoms with E-state index >= 15 is 0 Å². The van der Waals surface area contributed by atoms with Gasteiger partial charge in [-0.05, 0) is 49.2 Å². The Labute approximate surface area is 206 Å². The van der Waals surface area contributed by atoms with Gasteiger partial charge in [0.15, 0.2) is 0 Å². The van der Waals surface area contributed by atoms with Gasteiger partial charge in [-0.1, -0.05) is 69.4 Å². The standard InChI is InChI=1S/C11H13ClN2.C8H6Cl2N2O2.2C2H6/c1-3-6-14-10-5-4-9(7-13)11(12)8(10)2;9-6-2-1-5(3-7(6)10)8(14)12-11-4-13;2*1-2/h4-5,14H,3,6H2,1-2H3;1-4H,(H,11,13)(H,12,14);2*1-2H3. The van der Waals surface area contributed by atoms with Crippen molar-refractivity contribution >= 4 is 52.8 Å². The summed E-state index contributed by atoms with van der Waals surface area (Å²) in [4.78, 5) is 21.1. The second-order valence-electron chi connectivity index (χ2n) is 5.48. The maximum Gasteiger partial charge on any atom is 0.269 e. The highest BCUT2D eigenvalue weighted by molar-refractivity contribution is 6.42. The van der Waals surface area contributed by atoms with Crippen LogP contribution in [0.15, 0.2) is 30.3 Å². The van der Waals surface area contributed by atoms with Crippen molar-refractivity contribution in [2.75, 3.05) is 11.9 Å². The number of halogens is 3. The van der Waals surface area contributed by atoms with Gasteiger partial charge in [-0.25, -0.2) is 0 Å². The molecule has 3 N–H and O–H groups in total. The number of amides is 2. The Morgan fingerprint density at radius 1 is 1.06 bits per heavy atom. The van der Waals surface area contributed by atoms with E-state index in [0.717, 1.165) is 24.2 Å². The van der Waals surface area contributed by atoms with Crippen LogP contribution in [0, 0.1) is 18.3 Å². The Kier molecular flexibility index (Phi) is 19.1. The lowest BCUT2D eigenvalue weighted by Gasteiger charge is -2.10. The number of anilines is 1. The lowest BCUT2D eigenvalue weighted by molar-refractivity contribution is -0.110. The fourth-order valence-corrected chi connectivity index (χ4v) is 2.53. The number of carbonyl (C=O) groups is 2. The summed E-state index contributed by atoms with van der Waals surface area (Å²) >= 11 is 17.4. The van der Waals surface area contributed by atoms with Crippen molar-refractivity contribution in [1.82, 2.24) is 10.9 Å². The zero-order valence-corrected chi connectivity index (χ0v) is 21.5. The van der Waals surface area contributed by atoms with Crippen LogP contribution in [-0.4, -0.2) is 18.9 Å². The number of hydrogen-bond donors (Lipinski definition) is 3. The molecule has 0 aromatic heterocycles. The predicted molar refractivity (Wildman–Crippen MR) is 136 cm³/mol. The molecule has 2 amide bonds. The summed E-state index contributed by atoms with van der Waals surface area (Å²) in [5, 5.41) is 13.2. The van der Waals surface area contributed by atoms with Gasteiger partial charge >= 0.3 is 0 Å². The highest BCUT2D eigenvalue weighted by Gasteiger charge is 2.07. The molecule has 0 radical (unpaired) electrons. The molecule has 2 aromatic carbocycles. The third-order valence-electron chi connectivity index (χ3n) is 3.50. The summed E-state index contributed by atoms with van der Waals surface area (Å²) in [6.07, 6.45) is 1.42. The maximum absolute atomic E-state index is 11.2. The molecule has 9 heteroatoms. The summed E-state index contributed by atoms with van der Waals surface area (Å²) in [7, 11) is 0. The first-order valence-electron chi connectivity index (χ1n) is 10.2. The molecule has 32 heavy (non-hydrogen) atoms. The molecule has 6 nitrogen and oxygen atoms in total. The fraction of sp³-hybridized carbons (Fsp3) is 0.348. The van der Waals surface area contributed by atoms with Crippen LogP contribution >= 0.6 is 34.8 Å². The molecular weight excluding hydrogens is 471 g/mol. The third-order valence-corrected chi connectivity index (χ3v) is 4.72. The van der Waals surface area contributed by atoms with Crippen LogP contribution in [0.3, 0.4) is 0 Å². The number of hydrogen-bond acceptors (Lipinski definition) is 4. The van der Waals surface area contributed by atoms with E-state index in [1.54, 1.807) is 6.07 Å². The van der Waals surface area contributed by atoms with Gasteiger partial charge in [-0.15, -0.1) is 0 Å². The molecule has 0 fully saturated rings. The van der Waals surface area contributed by atoms with Gasteiger partial charge in [0.05, 0.1) is 20.6 Å². The summed E-state index contributed by atoms with van der Waals surface area (Å²) in [5.41, 5.74) is 6.96. The second-order valence-corrected chi connectivity index (χ2v) is 6.68. The van der Waals surface area contributed by atoms with Crippen molar-refractivity contribution in [2.45, 2.75) is 48.0 Å². The van der Waals surface area contributed by atoms with Crippen molar-refractivity contribution in [3.63, 3.8) is 0 Å². The smallest absolute Gasteiger partial charge is 0.269 e. The third kappa shape index (κ3) is 11.2. The van der Waals surface area contributed by atoms with Crippen molar-refractivity contribution in [3.8, 4) is 6.07 Å². The van der Waals surface area contributed by atoms with Gasteiger partial charge in [0.2, 0.25) is 6.41 Å². The lowest BCUT2D eigenvalue weighted by atomic mass is 10.1. The van der Waals surface area contributed by atoms with Crippen LogP contribution in [0.5, 0.6) is 0 Å². The van der Waals surface area contributed by atoms with E-state index in [1.165, 1.54) is 18.2 Å². The molecule has 0 aliphatic rings. The van der Waals surface area contributed by atoms with Crippen LogP contribution in [0.1, 0.15) is 62.5 Å². The normalized spacial score (nSPS) is 8.62. The Hall–Kier alpha value is -2.46. The fourth-order valence-electron chi connectivity index (χ4n) is 2.03. The minimum atomic E-state index is -0.462. The molecule has 0 aliphatic heterocycles. The van der Waals surface area contributed by atoms with Gasteiger partial charge in [0.25, 0.3) is 5.91 Å². The highest BCUT2D eigenvalue weighted by Crippen LogP contribution is 2.26. The van der Waals surface area contributed by atoms with Crippen molar-refractivity contribution < 1.29 is 9.59 Å². The number of hydrazine groups is 1. The molecule has 0 bridgehead atoms. The molecule has 0 atom stereocenters. The van der Waals surface area contributed by atoms with E-state index in [-0.39, 0.29) is 5.02 Å². The Balaban J connectivity index is 0. The maximum atomic E-state index is 11.2. The predicted octanol–water partition coefficient (Wildman–Crippen LogP) is 6.78. The van der Waals surface area contributed by atoms with Crippen LogP contribution in [-0.2, 0) is 4.79 Å². The number of rotatable bonds is 6.